The molecule has 1 aromatic heterocycles. The average Bonchev–Trinajstić information content (AvgIpc) is 2.92. The van der Waals surface area contributed by atoms with Crippen LogP contribution in [0, 0.1) is 0 Å². The molecule has 5 heteroatoms. The van der Waals surface area contributed by atoms with Crippen LogP contribution in [0.25, 0.3) is 0 Å². The molecule has 0 aromatic carbocycles. The topological polar surface area (TPSA) is 41.6 Å². The molecule has 1 rings (SSSR count). The summed E-state index contributed by atoms with van der Waals surface area (Å²) < 4.78 is 5.48. The Bertz CT molecular complexity index is 324. The molecule has 1 amide bonds. The van der Waals surface area contributed by atoms with E-state index >= 15 is 0 Å². The van der Waals surface area contributed by atoms with Gasteiger partial charge in [0, 0.05) is 13.1 Å². The van der Waals surface area contributed by atoms with Crippen LogP contribution in [-0.2, 0) is 4.74 Å². The smallest absolute Gasteiger partial charge is 0.261 e. The minimum absolute atomic E-state index is 0.0163. The van der Waals surface area contributed by atoms with E-state index in [1.165, 1.54) is 11.3 Å². The fraction of sp³-hybridized carbons (Fsp3) is 0.615. The van der Waals surface area contributed by atoms with Gasteiger partial charge in [-0.05, 0) is 24.5 Å². The number of nitrogens with one attached hydrogen (secondary N) is 1. The second-order valence-electron chi connectivity index (χ2n) is 3.87. The fourth-order valence-electron chi connectivity index (χ4n) is 1.57. The van der Waals surface area contributed by atoms with Gasteiger partial charge >= 0.3 is 0 Å². The van der Waals surface area contributed by atoms with Crippen molar-refractivity contribution < 1.29 is 9.53 Å². The van der Waals surface area contributed by atoms with Crippen molar-refractivity contribution in [1.82, 2.24) is 10.2 Å². The highest BCUT2D eigenvalue weighted by Crippen LogP contribution is 2.07. The number of amides is 1. The Balaban J connectivity index is 2.00. The molecule has 1 heterocycles. The van der Waals surface area contributed by atoms with Crippen LogP contribution in [0.1, 0.15) is 23.5 Å². The van der Waals surface area contributed by atoms with Crippen molar-refractivity contribution in [3.8, 4) is 0 Å². The van der Waals surface area contributed by atoms with Crippen molar-refractivity contribution in [3.05, 3.63) is 22.4 Å². The maximum Gasteiger partial charge on any atom is 0.261 e. The summed E-state index contributed by atoms with van der Waals surface area (Å²) >= 11 is 1.45. The van der Waals surface area contributed by atoms with Crippen LogP contribution in [0.3, 0.4) is 0 Å². The van der Waals surface area contributed by atoms with Gasteiger partial charge in [-0.1, -0.05) is 19.9 Å². The first-order chi connectivity index (χ1) is 8.77. The predicted molar refractivity (Wildman–Crippen MR) is 75.3 cm³/mol. The summed E-state index contributed by atoms with van der Waals surface area (Å²) in [5.74, 6) is -0.0163. The standard InChI is InChI=1S/C13H22N2O2S/c1-3-15(4-2)8-10-17-9-7-14-13(16)12-6-5-11-18-12/h5-6,11H,3-4,7-10H2,1-2H3,(H,14,16). The molecule has 0 radical (unpaired) electrons. The molecule has 0 aliphatic heterocycles. The molecule has 0 unspecified atom stereocenters. The predicted octanol–water partition coefficient (Wildman–Crippen LogP) is 1.84. The van der Waals surface area contributed by atoms with Crippen molar-refractivity contribution in [2.75, 3.05) is 39.4 Å². The summed E-state index contributed by atoms with van der Waals surface area (Å²) in [5.41, 5.74) is 0. The molecule has 0 saturated carbocycles. The third-order valence-corrected chi connectivity index (χ3v) is 3.59. The van der Waals surface area contributed by atoms with E-state index in [1.54, 1.807) is 0 Å². The van der Waals surface area contributed by atoms with Crippen molar-refractivity contribution in [2.24, 2.45) is 0 Å². The summed E-state index contributed by atoms with van der Waals surface area (Å²) in [6, 6.07) is 3.70. The van der Waals surface area contributed by atoms with Crippen LogP contribution < -0.4 is 5.32 Å². The molecule has 1 aromatic rings. The Morgan fingerprint density at radius 2 is 2.17 bits per heavy atom. The average molecular weight is 270 g/mol. The lowest BCUT2D eigenvalue weighted by molar-refractivity contribution is 0.0887. The van der Waals surface area contributed by atoms with E-state index in [1.807, 2.05) is 17.5 Å². The van der Waals surface area contributed by atoms with Crippen LogP contribution >= 0.6 is 11.3 Å². The molecular weight excluding hydrogens is 248 g/mol. The van der Waals surface area contributed by atoms with Crippen LogP contribution in [0.15, 0.2) is 17.5 Å². The first kappa shape index (κ1) is 15.1. The molecule has 0 aliphatic carbocycles. The van der Waals surface area contributed by atoms with Gasteiger partial charge in [-0.15, -0.1) is 11.3 Å². The van der Waals surface area contributed by atoms with E-state index in [2.05, 4.69) is 24.1 Å². The monoisotopic (exact) mass is 270 g/mol. The number of carbonyl (C=O) groups is 1. The molecule has 0 spiro atoms. The van der Waals surface area contributed by atoms with Gasteiger partial charge in [-0.2, -0.15) is 0 Å². The molecule has 1 N–H and O–H groups in total. The molecular formula is C13H22N2O2S. The van der Waals surface area contributed by atoms with Crippen LogP contribution in [0.5, 0.6) is 0 Å². The minimum Gasteiger partial charge on any atom is -0.378 e. The molecule has 0 bridgehead atoms. The number of hydrogen-bond donors (Lipinski definition) is 1. The molecule has 0 atom stereocenters. The van der Waals surface area contributed by atoms with E-state index in [4.69, 9.17) is 4.74 Å². The molecule has 18 heavy (non-hydrogen) atoms. The number of rotatable bonds is 9. The van der Waals surface area contributed by atoms with Gasteiger partial charge in [0.2, 0.25) is 0 Å². The lowest BCUT2D eigenvalue weighted by Gasteiger charge is -2.17. The van der Waals surface area contributed by atoms with Gasteiger partial charge in [-0.25, -0.2) is 0 Å². The maximum atomic E-state index is 11.6. The summed E-state index contributed by atoms with van der Waals surface area (Å²) in [4.78, 5) is 14.6. The number of likely N-dealkylation sites (N-methyl/N-ethyl adjacent to an activating group) is 1. The first-order valence-electron chi connectivity index (χ1n) is 6.39. The van der Waals surface area contributed by atoms with Gasteiger partial charge in [0.1, 0.15) is 0 Å². The SMILES string of the molecule is CCN(CC)CCOCCNC(=O)c1cccs1. The highest BCUT2D eigenvalue weighted by molar-refractivity contribution is 7.12. The normalized spacial score (nSPS) is 10.8. The zero-order chi connectivity index (χ0) is 13.2. The maximum absolute atomic E-state index is 11.6. The summed E-state index contributed by atoms with van der Waals surface area (Å²) in [5, 5.41) is 4.73. The van der Waals surface area contributed by atoms with Crippen LogP contribution in [0.2, 0.25) is 0 Å². The second-order valence-corrected chi connectivity index (χ2v) is 4.82. The Kier molecular flexibility index (Phi) is 7.64. The fourth-order valence-corrected chi connectivity index (χ4v) is 2.21. The Morgan fingerprint density at radius 3 is 2.78 bits per heavy atom. The van der Waals surface area contributed by atoms with Gasteiger partial charge in [0.05, 0.1) is 18.1 Å². The van der Waals surface area contributed by atoms with Crippen LogP contribution in [-0.4, -0.2) is 50.2 Å². The third-order valence-electron chi connectivity index (χ3n) is 2.72. The largest absolute Gasteiger partial charge is 0.378 e. The highest BCUT2D eigenvalue weighted by atomic mass is 32.1. The van der Waals surface area contributed by atoms with E-state index < -0.39 is 0 Å². The Morgan fingerprint density at radius 1 is 1.39 bits per heavy atom. The zero-order valence-electron chi connectivity index (χ0n) is 11.1. The van der Waals surface area contributed by atoms with Crippen molar-refractivity contribution in [1.29, 1.82) is 0 Å². The summed E-state index contributed by atoms with van der Waals surface area (Å²) in [6.45, 7) is 9.19. The van der Waals surface area contributed by atoms with Gasteiger partial charge in [0.25, 0.3) is 5.91 Å². The van der Waals surface area contributed by atoms with Crippen molar-refractivity contribution in [3.63, 3.8) is 0 Å². The molecule has 4 nitrogen and oxygen atoms in total. The van der Waals surface area contributed by atoms with E-state index in [0.717, 1.165) is 31.1 Å². The number of thiophene rings is 1. The number of ether oxygens (including phenoxy) is 1. The van der Waals surface area contributed by atoms with Gasteiger partial charge in [0.15, 0.2) is 0 Å². The quantitative estimate of drug-likeness (QED) is 0.696. The van der Waals surface area contributed by atoms with Gasteiger partial charge in [-0.3, -0.25) is 4.79 Å². The summed E-state index contributed by atoms with van der Waals surface area (Å²) in [7, 11) is 0. The molecule has 0 aliphatic rings. The molecule has 102 valence electrons. The Labute approximate surface area is 113 Å². The molecule has 0 fully saturated rings. The number of nitrogens with zero attached hydrogens (tertiary/aromatic N) is 1. The lowest BCUT2D eigenvalue weighted by atomic mass is 10.4. The van der Waals surface area contributed by atoms with E-state index in [0.29, 0.717) is 13.2 Å². The molecule has 0 saturated heterocycles. The zero-order valence-corrected chi connectivity index (χ0v) is 12.0. The summed E-state index contributed by atoms with van der Waals surface area (Å²) in [6.07, 6.45) is 0. The lowest BCUT2D eigenvalue weighted by Crippen LogP contribution is -2.29. The number of carbonyl (C=O) groups excluding carboxylic acids is 1. The first-order valence-corrected chi connectivity index (χ1v) is 7.27. The second kappa shape index (κ2) is 9.08. The van der Waals surface area contributed by atoms with E-state index in [9.17, 15) is 4.79 Å². The number of hydrogen-bond acceptors (Lipinski definition) is 4. The Hall–Kier alpha value is -0.910. The van der Waals surface area contributed by atoms with Gasteiger partial charge < -0.3 is 15.0 Å². The van der Waals surface area contributed by atoms with Crippen molar-refractivity contribution in [2.45, 2.75) is 13.8 Å². The van der Waals surface area contributed by atoms with E-state index in [-0.39, 0.29) is 5.91 Å². The minimum atomic E-state index is -0.0163. The van der Waals surface area contributed by atoms with Crippen molar-refractivity contribution >= 4 is 17.2 Å². The highest BCUT2D eigenvalue weighted by Gasteiger charge is 2.04. The van der Waals surface area contributed by atoms with Crippen LogP contribution in [0.4, 0.5) is 0 Å². The third kappa shape index (κ3) is 5.62.